The van der Waals surface area contributed by atoms with Crippen LogP contribution in [0.1, 0.15) is 25.5 Å². The molecule has 0 spiro atoms. The van der Waals surface area contributed by atoms with Gasteiger partial charge in [0.2, 0.25) is 0 Å². The van der Waals surface area contributed by atoms with E-state index in [0.717, 1.165) is 10.0 Å². The van der Waals surface area contributed by atoms with Crippen molar-refractivity contribution < 1.29 is 13.5 Å². The number of halogens is 3. The van der Waals surface area contributed by atoms with Crippen LogP contribution in [0, 0.1) is 0 Å². The van der Waals surface area contributed by atoms with E-state index in [4.69, 9.17) is 4.74 Å². The Morgan fingerprint density at radius 2 is 2.06 bits per heavy atom. The Hall–Kier alpha value is -0.520. The third-order valence-corrected chi connectivity index (χ3v) is 2.85. The molecule has 0 saturated carbocycles. The van der Waals surface area contributed by atoms with Crippen molar-refractivity contribution in [2.24, 2.45) is 0 Å². The number of benzene rings is 1. The van der Waals surface area contributed by atoms with Crippen molar-refractivity contribution in [1.82, 2.24) is 5.32 Å². The highest BCUT2D eigenvalue weighted by atomic mass is 79.9. The van der Waals surface area contributed by atoms with Gasteiger partial charge in [-0.15, -0.1) is 0 Å². The fourth-order valence-electron chi connectivity index (χ4n) is 1.51. The lowest BCUT2D eigenvalue weighted by Crippen LogP contribution is -2.30. The number of ether oxygens (including phenoxy) is 1. The van der Waals surface area contributed by atoms with Gasteiger partial charge in [0, 0.05) is 17.1 Å². The summed E-state index contributed by atoms with van der Waals surface area (Å²) in [7, 11) is 0. The molecule has 2 nitrogen and oxygen atoms in total. The lowest BCUT2D eigenvalue weighted by atomic mass is 10.1. The van der Waals surface area contributed by atoms with Gasteiger partial charge in [0.15, 0.2) is 0 Å². The Labute approximate surface area is 115 Å². The van der Waals surface area contributed by atoms with Crippen molar-refractivity contribution >= 4 is 15.9 Å². The number of hydrogen-bond acceptors (Lipinski definition) is 2. The first-order valence-electron chi connectivity index (χ1n) is 5.87. The summed E-state index contributed by atoms with van der Waals surface area (Å²) in [5.41, 5.74) is 0.887. The fourth-order valence-corrected chi connectivity index (χ4v) is 1.93. The zero-order valence-electron chi connectivity index (χ0n) is 10.5. The highest BCUT2D eigenvalue weighted by molar-refractivity contribution is 9.10. The first-order chi connectivity index (χ1) is 8.49. The number of rotatable bonds is 7. The Bertz CT molecular complexity index is 349. The zero-order valence-corrected chi connectivity index (χ0v) is 12.1. The lowest BCUT2D eigenvalue weighted by molar-refractivity contribution is -0.0251. The molecule has 18 heavy (non-hydrogen) atoms. The summed E-state index contributed by atoms with van der Waals surface area (Å²) < 4.78 is 30.6. The number of alkyl halides is 2. The quantitative estimate of drug-likeness (QED) is 0.825. The van der Waals surface area contributed by atoms with Gasteiger partial charge in [-0.1, -0.05) is 41.9 Å². The standard InChI is InChI=1S/C13H18BrF2NO/c1-9(2)17-7-12(18-8-13(15)16)10-4-3-5-11(14)6-10/h3-6,9,12-13,17H,7-8H2,1-2H3. The van der Waals surface area contributed by atoms with Crippen LogP contribution >= 0.6 is 15.9 Å². The van der Waals surface area contributed by atoms with E-state index in [-0.39, 0.29) is 12.1 Å². The van der Waals surface area contributed by atoms with Gasteiger partial charge in [0.1, 0.15) is 6.61 Å². The van der Waals surface area contributed by atoms with Gasteiger partial charge in [-0.3, -0.25) is 0 Å². The first kappa shape index (κ1) is 15.5. The van der Waals surface area contributed by atoms with Crippen LogP contribution in [0.2, 0.25) is 0 Å². The predicted molar refractivity (Wildman–Crippen MR) is 72.0 cm³/mol. The molecule has 1 aromatic carbocycles. The smallest absolute Gasteiger partial charge is 0.261 e. The Balaban J connectivity index is 2.69. The maximum absolute atomic E-state index is 12.2. The van der Waals surface area contributed by atoms with E-state index in [9.17, 15) is 8.78 Å². The third-order valence-electron chi connectivity index (χ3n) is 2.36. The van der Waals surface area contributed by atoms with Crippen molar-refractivity contribution in [2.75, 3.05) is 13.2 Å². The summed E-state index contributed by atoms with van der Waals surface area (Å²) in [6.45, 7) is 3.98. The van der Waals surface area contributed by atoms with Crippen molar-refractivity contribution in [3.8, 4) is 0 Å². The molecule has 0 aliphatic rings. The molecule has 0 radical (unpaired) electrons. The number of nitrogens with one attached hydrogen (secondary N) is 1. The van der Waals surface area contributed by atoms with Gasteiger partial charge in [0.25, 0.3) is 6.43 Å². The monoisotopic (exact) mass is 321 g/mol. The molecule has 5 heteroatoms. The van der Waals surface area contributed by atoms with Crippen LogP contribution in [0.25, 0.3) is 0 Å². The molecular weight excluding hydrogens is 304 g/mol. The average molecular weight is 322 g/mol. The molecule has 0 heterocycles. The minimum absolute atomic E-state index is 0.287. The second-order valence-corrected chi connectivity index (χ2v) is 5.25. The second kappa shape index (κ2) is 7.81. The summed E-state index contributed by atoms with van der Waals surface area (Å²) in [5.74, 6) is 0. The minimum Gasteiger partial charge on any atom is -0.366 e. The van der Waals surface area contributed by atoms with Gasteiger partial charge >= 0.3 is 0 Å². The molecule has 102 valence electrons. The minimum atomic E-state index is -2.45. The summed E-state index contributed by atoms with van der Waals surface area (Å²) in [4.78, 5) is 0. The van der Waals surface area contributed by atoms with E-state index in [1.165, 1.54) is 0 Å². The van der Waals surface area contributed by atoms with Gasteiger partial charge in [-0.25, -0.2) is 8.78 Å². The molecule has 0 aliphatic carbocycles. The molecule has 1 aromatic rings. The van der Waals surface area contributed by atoms with Crippen LogP contribution in [-0.2, 0) is 4.74 Å². The maximum atomic E-state index is 12.2. The largest absolute Gasteiger partial charge is 0.366 e. The van der Waals surface area contributed by atoms with Crippen molar-refractivity contribution in [3.63, 3.8) is 0 Å². The molecule has 1 rings (SSSR count). The molecule has 0 fully saturated rings. The summed E-state index contributed by atoms with van der Waals surface area (Å²) in [5, 5.41) is 3.20. The molecule has 0 aromatic heterocycles. The topological polar surface area (TPSA) is 21.3 Å². The lowest BCUT2D eigenvalue weighted by Gasteiger charge is -2.20. The van der Waals surface area contributed by atoms with Crippen LogP contribution in [0.5, 0.6) is 0 Å². The van der Waals surface area contributed by atoms with E-state index in [1.54, 1.807) is 0 Å². The molecule has 1 N–H and O–H groups in total. The van der Waals surface area contributed by atoms with Gasteiger partial charge in [-0.2, -0.15) is 0 Å². The Morgan fingerprint density at radius 3 is 2.61 bits per heavy atom. The summed E-state index contributed by atoms with van der Waals surface area (Å²) in [6, 6.07) is 7.81. The van der Waals surface area contributed by atoms with Crippen molar-refractivity contribution in [1.29, 1.82) is 0 Å². The molecule has 0 bridgehead atoms. The summed E-state index contributed by atoms with van der Waals surface area (Å²) >= 11 is 3.37. The average Bonchev–Trinajstić information content (AvgIpc) is 2.28. The molecule has 1 unspecified atom stereocenters. The Morgan fingerprint density at radius 1 is 1.33 bits per heavy atom. The van der Waals surface area contributed by atoms with Crippen molar-refractivity contribution in [2.45, 2.75) is 32.4 Å². The van der Waals surface area contributed by atoms with E-state index in [1.807, 2.05) is 38.1 Å². The molecule has 0 saturated heterocycles. The second-order valence-electron chi connectivity index (χ2n) is 4.33. The van der Waals surface area contributed by atoms with E-state index < -0.39 is 13.0 Å². The summed E-state index contributed by atoms with van der Waals surface area (Å²) in [6.07, 6.45) is -2.81. The van der Waals surface area contributed by atoms with E-state index in [0.29, 0.717) is 6.54 Å². The predicted octanol–water partition coefficient (Wildman–Crippen LogP) is 3.77. The van der Waals surface area contributed by atoms with Gasteiger partial charge < -0.3 is 10.1 Å². The Kier molecular flexibility index (Phi) is 6.75. The highest BCUT2D eigenvalue weighted by Gasteiger charge is 2.15. The van der Waals surface area contributed by atoms with Crippen LogP contribution in [-0.4, -0.2) is 25.6 Å². The fraction of sp³-hybridized carbons (Fsp3) is 0.538. The van der Waals surface area contributed by atoms with Crippen molar-refractivity contribution in [3.05, 3.63) is 34.3 Å². The molecule has 0 amide bonds. The SMILES string of the molecule is CC(C)NCC(OCC(F)F)c1cccc(Br)c1. The molecule has 0 aliphatic heterocycles. The van der Waals surface area contributed by atoms with Crippen LogP contribution in [0.4, 0.5) is 8.78 Å². The van der Waals surface area contributed by atoms with E-state index in [2.05, 4.69) is 21.2 Å². The van der Waals surface area contributed by atoms with Crippen LogP contribution in [0.3, 0.4) is 0 Å². The van der Waals surface area contributed by atoms with Gasteiger partial charge in [-0.05, 0) is 17.7 Å². The van der Waals surface area contributed by atoms with E-state index >= 15 is 0 Å². The molecular formula is C13H18BrF2NO. The molecule has 1 atom stereocenters. The zero-order chi connectivity index (χ0) is 13.5. The highest BCUT2D eigenvalue weighted by Crippen LogP contribution is 2.21. The normalized spacial score (nSPS) is 13.3. The van der Waals surface area contributed by atoms with Gasteiger partial charge in [0.05, 0.1) is 6.10 Å². The third kappa shape index (κ3) is 5.89. The van der Waals surface area contributed by atoms with Crippen LogP contribution < -0.4 is 5.32 Å². The number of hydrogen-bond donors (Lipinski definition) is 1. The van der Waals surface area contributed by atoms with Crippen LogP contribution in [0.15, 0.2) is 28.7 Å². The first-order valence-corrected chi connectivity index (χ1v) is 6.67. The maximum Gasteiger partial charge on any atom is 0.261 e.